The first kappa shape index (κ1) is 17.3. The van der Waals surface area contributed by atoms with E-state index in [0.29, 0.717) is 18.2 Å². The Morgan fingerprint density at radius 2 is 1.87 bits per heavy atom. The number of rotatable bonds is 8. The molecule has 0 radical (unpaired) electrons. The Morgan fingerprint density at radius 1 is 1.13 bits per heavy atom. The Labute approximate surface area is 137 Å². The lowest BCUT2D eigenvalue weighted by molar-refractivity contribution is 0.309. The third-order valence-corrected chi connectivity index (χ3v) is 4.74. The molecule has 0 atom stereocenters. The van der Waals surface area contributed by atoms with Crippen LogP contribution in [-0.4, -0.2) is 20.0 Å². The van der Waals surface area contributed by atoms with Gasteiger partial charge >= 0.3 is 0 Å². The second-order valence-corrected chi connectivity index (χ2v) is 6.86. The van der Waals surface area contributed by atoms with Crippen LogP contribution < -0.4 is 9.46 Å². The summed E-state index contributed by atoms with van der Waals surface area (Å²) in [6.07, 6.45) is 4.45. The second-order valence-electron chi connectivity index (χ2n) is 5.18. The number of ether oxygens (including phenoxy) is 1. The van der Waals surface area contributed by atoms with E-state index in [4.69, 9.17) is 4.74 Å². The maximum Gasteiger partial charge on any atom is 0.263 e. The van der Waals surface area contributed by atoms with E-state index in [9.17, 15) is 8.42 Å². The molecule has 0 aliphatic carbocycles. The van der Waals surface area contributed by atoms with Gasteiger partial charge in [-0.3, -0.25) is 4.72 Å². The highest BCUT2D eigenvalue weighted by Gasteiger charge is 2.15. The zero-order chi connectivity index (χ0) is 16.7. The lowest BCUT2D eigenvalue weighted by atomic mass is 10.2. The molecule has 124 valence electrons. The molecule has 1 heterocycles. The molecule has 1 N–H and O–H groups in total. The largest absolute Gasteiger partial charge is 0.494 e. The number of aromatic nitrogens is 1. The van der Waals surface area contributed by atoms with Crippen LogP contribution in [0.3, 0.4) is 0 Å². The quantitative estimate of drug-likeness (QED) is 0.749. The second kappa shape index (κ2) is 7.97. The normalized spacial score (nSPS) is 11.2. The molecule has 6 heteroatoms. The Balaban J connectivity index is 2.09. The number of pyridine rings is 1. The minimum absolute atomic E-state index is 0.184. The number of benzene rings is 1. The fraction of sp³-hybridized carbons (Fsp3) is 0.353. The van der Waals surface area contributed by atoms with E-state index in [2.05, 4.69) is 16.6 Å². The van der Waals surface area contributed by atoms with Crippen LogP contribution in [0, 0.1) is 0 Å². The number of anilines is 1. The highest BCUT2D eigenvalue weighted by atomic mass is 32.2. The fourth-order valence-electron chi connectivity index (χ4n) is 2.00. The van der Waals surface area contributed by atoms with Crippen molar-refractivity contribution in [1.82, 2.24) is 4.98 Å². The first-order valence-corrected chi connectivity index (χ1v) is 9.24. The molecule has 0 aliphatic heterocycles. The maximum atomic E-state index is 12.4. The molecular weight excluding hydrogens is 312 g/mol. The molecule has 0 unspecified atom stereocenters. The lowest BCUT2D eigenvalue weighted by Crippen LogP contribution is -2.14. The summed E-state index contributed by atoms with van der Waals surface area (Å²) in [5.74, 6) is 0.996. The van der Waals surface area contributed by atoms with Crippen molar-refractivity contribution < 1.29 is 13.2 Å². The van der Waals surface area contributed by atoms with Gasteiger partial charge in [0.2, 0.25) is 0 Å². The minimum atomic E-state index is -3.65. The summed E-state index contributed by atoms with van der Waals surface area (Å²) in [7, 11) is -3.65. The van der Waals surface area contributed by atoms with E-state index >= 15 is 0 Å². The Morgan fingerprint density at radius 3 is 2.52 bits per heavy atom. The van der Waals surface area contributed by atoms with Gasteiger partial charge < -0.3 is 4.74 Å². The van der Waals surface area contributed by atoms with Crippen molar-refractivity contribution in [2.24, 2.45) is 0 Å². The predicted molar refractivity (Wildman–Crippen MR) is 91.3 cm³/mol. The topological polar surface area (TPSA) is 68.3 Å². The van der Waals surface area contributed by atoms with Gasteiger partial charge in [-0.05, 0) is 54.8 Å². The van der Waals surface area contributed by atoms with E-state index in [-0.39, 0.29) is 4.90 Å². The van der Waals surface area contributed by atoms with Gasteiger partial charge in [0, 0.05) is 6.20 Å². The summed E-state index contributed by atoms with van der Waals surface area (Å²) in [4.78, 5) is 4.23. The van der Waals surface area contributed by atoms with Crippen molar-refractivity contribution in [3.05, 3.63) is 48.2 Å². The van der Waals surface area contributed by atoms with Crippen molar-refractivity contribution in [2.45, 2.75) is 38.0 Å². The highest BCUT2D eigenvalue weighted by molar-refractivity contribution is 7.92. The molecule has 0 spiro atoms. The van der Waals surface area contributed by atoms with E-state index in [1.54, 1.807) is 24.4 Å². The molecule has 5 nitrogen and oxygen atoms in total. The predicted octanol–water partition coefficient (Wildman–Crippen LogP) is 3.62. The average molecular weight is 334 g/mol. The Bertz CT molecular complexity index is 728. The van der Waals surface area contributed by atoms with Crippen LogP contribution in [0.15, 0.2) is 47.5 Å². The molecule has 0 saturated heterocycles. The first-order chi connectivity index (χ1) is 11.0. The lowest BCUT2D eigenvalue weighted by Gasteiger charge is -2.09. The summed E-state index contributed by atoms with van der Waals surface area (Å²) < 4.78 is 32.8. The van der Waals surface area contributed by atoms with Gasteiger partial charge in [-0.15, -0.1) is 0 Å². The zero-order valence-corrected chi connectivity index (χ0v) is 14.3. The Kier molecular flexibility index (Phi) is 5.98. The van der Waals surface area contributed by atoms with Crippen LogP contribution in [0.4, 0.5) is 5.82 Å². The third kappa shape index (κ3) is 4.96. The molecule has 23 heavy (non-hydrogen) atoms. The average Bonchev–Trinajstić information content (AvgIpc) is 2.55. The smallest absolute Gasteiger partial charge is 0.263 e. The molecule has 0 bridgehead atoms. The van der Waals surface area contributed by atoms with Crippen LogP contribution in [0.5, 0.6) is 5.75 Å². The van der Waals surface area contributed by atoms with Crippen molar-refractivity contribution in [3.8, 4) is 5.75 Å². The van der Waals surface area contributed by atoms with Crippen molar-refractivity contribution in [3.63, 3.8) is 0 Å². The standard InChI is InChI=1S/C17H22N2O3S/c1-3-5-12-22-15-6-8-16(9-7-15)23(20,21)19-17-13-14(4-2)10-11-18-17/h6-11,13H,3-5,12H2,1-2H3,(H,18,19). The molecule has 2 aromatic rings. The van der Waals surface area contributed by atoms with Gasteiger partial charge in [0.1, 0.15) is 11.6 Å². The van der Waals surface area contributed by atoms with Crippen LogP contribution >= 0.6 is 0 Å². The molecule has 0 saturated carbocycles. The number of nitrogens with zero attached hydrogens (tertiary/aromatic N) is 1. The SMILES string of the molecule is CCCCOc1ccc(S(=O)(=O)Nc2cc(CC)ccn2)cc1. The third-order valence-electron chi connectivity index (χ3n) is 3.37. The molecule has 2 rings (SSSR count). The van der Waals surface area contributed by atoms with E-state index in [1.807, 2.05) is 13.0 Å². The number of hydrogen-bond acceptors (Lipinski definition) is 4. The number of hydrogen-bond donors (Lipinski definition) is 1. The summed E-state index contributed by atoms with van der Waals surface area (Å²) in [5, 5.41) is 0. The van der Waals surface area contributed by atoms with Gasteiger partial charge in [-0.1, -0.05) is 20.3 Å². The van der Waals surface area contributed by atoms with Crippen molar-refractivity contribution in [1.29, 1.82) is 0 Å². The van der Waals surface area contributed by atoms with E-state index < -0.39 is 10.0 Å². The molecule has 0 aliphatic rings. The van der Waals surface area contributed by atoms with Gasteiger partial charge in [-0.25, -0.2) is 13.4 Å². The van der Waals surface area contributed by atoms with E-state index in [1.165, 1.54) is 12.1 Å². The van der Waals surface area contributed by atoms with Crippen molar-refractivity contribution in [2.75, 3.05) is 11.3 Å². The first-order valence-electron chi connectivity index (χ1n) is 7.75. The molecular formula is C17H22N2O3S. The van der Waals surface area contributed by atoms with Crippen LogP contribution in [0.25, 0.3) is 0 Å². The number of aryl methyl sites for hydroxylation is 1. The fourth-order valence-corrected chi connectivity index (χ4v) is 3.00. The Hall–Kier alpha value is -2.08. The molecule has 0 fully saturated rings. The zero-order valence-electron chi connectivity index (χ0n) is 13.5. The van der Waals surface area contributed by atoms with Crippen LogP contribution in [0.2, 0.25) is 0 Å². The summed E-state index contributed by atoms with van der Waals surface area (Å²) in [6, 6.07) is 10.0. The molecule has 1 aromatic carbocycles. The van der Waals surface area contributed by atoms with Gasteiger partial charge in [0.05, 0.1) is 11.5 Å². The van der Waals surface area contributed by atoms with Crippen LogP contribution in [0.1, 0.15) is 32.3 Å². The molecule has 0 amide bonds. The number of nitrogens with one attached hydrogen (secondary N) is 1. The van der Waals surface area contributed by atoms with Gasteiger partial charge in [-0.2, -0.15) is 0 Å². The number of sulfonamides is 1. The monoisotopic (exact) mass is 334 g/mol. The summed E-state index contributed by atoms with van der Waals surface area (Å²) in [6.45, 7) is 4.73. The summed E-state index contributed by atoms with van der Waals surface area (Å²) in [5.41, 5.74) is 1.03. The van der Waals surface area contributed by atoms with Crippen LogP contribution in [-0.2, 0) is 16.4 Å². The van der Waals surface area contributed by atoms with E-state index in [0.717, 1.165) is 24.8 Å². The minimum Gasteiger partial charge on any atom is -0.494 e. The maximum absolute atomic E-state index is 12.4. The highest BCUT2D eigenvalue weighted by Crippen LogP contribution is 2.19. The van der Waals surface area contributed by atoms with Crippen molar-refractivity contribution >= 4 is 15.8 Å². The van der Waals surface area contributed by atoms with Gasteiger partial charge in [0.25, 0.3) is 10.0 Å². The molecule has 1 aromatic heterocycles. The number of unbranched alkanes of at least 4 members (excludes halogenated alkanes) is 1. The van der Waals surface area contributed by atoms with Gasteiger partial charge in [0.15, 0.2) is 0 Å². The summed E-state index contributed by atoms with van der Waals surface area (Å²) >= 11 is 0.